The SMILES string of the molecule is CCn1c(SCC(=O)NN=Cc2cccc(OC)c2OC)nnc1-c1ccc(C(C)(C)C)cc1. The zero-order valence-electron chi connectivity index (χ0n) is 20.5. The summed E-state index contributed by atoms with van der Waals surface area (Å²) in [6, 6.07) is 13.8. The molecule has 0 aliphatic carbocycles. The first-order valence-corrected chi connectivity index (χ1v) is 12.0. The number of benzene rings is 2. The standard InChI is InChI=1S/C25H31N5O3S/c1-7-30-23(17-11-13-19(14-12-17)25(2,3)4)28-29-24(30)34-16-21(31)27-26-15-18-9-8-10-20(32-5)22(18)33-6/h8-15H,7,16H2,1-6H3,(H,27,31). The summed E-state index contributed by atoms with van der Waals surface area (Å²) in [5, 5.41) is 13.4. The van der Waals surface area contributed by atoms with Gasteiger partial charge in [-0.3, -0.25) is 4.79 Å². The van der Waals surface area contributed by atoms with Crippen LogP contribution in [0.3, 0.4) is 0 Å². The quantitative estimate of drug-likeness (QED) is 0.274. The number of thioether (sulfide) groups is 1. The van der Waals surface area contributed by atoms with Gasteiger partial charge < -0.3 is 14.0 Å². The number of amides is 1. The average Bonchev–Trinajstić information content (AvgIpc) is 3.25. The largest absolute Gasteiger partial charge is 0.493 e. The highest BCUT2D eigenvalue weighted by Crippen LogP contribution is 2.30. The lowest BCUT2D eigenvalue weighted by Crippen LogP contribution is -2.20. The second-order valence-electron chi connectivity index (χ2n) is 8.54. The van der Waals surface area contributed by atoms with Crippen molar-refractivity contribution in [2.24, 2.45) is 5.10 Å². The minimum absolute atomic E-state index is 0.0888. The lowest BCUT2D eigenvalue weighted by molar-refractivity contribution is -0.118. The smallest absolute Gasteiger partial charge is 0.250 e. The van der Waals surface area contributed by atoms with Crippen LogP contribution in [0.2, 0.25) is 0 Å². The number of aromatic nitrogens is 3. The van der Waals surface area contributed by atoms with Crippen LogP contribution in [0.1, 0.15) is 38.8 Å². The number of para-hydroxylation sites is 1. The molecule has 0 spiro atoms. The lowest BCUT2D eigenvalue weighted by atomic mass is 9.87. The van der Waals surface area contributed by atoms with Gasteiger partial charge in [0.05, 0.1) is 26.2 Å². The van der Waals surface area contributed by atoms with Crippen molar-refractivity contribution in [1.82, 2.24) is 20.2 Å². The van der Waals surface area contributed by atoms with E-state index in [1.165, 1.54) is 23.5 Å². The van der Waals surface area contributed by atoms with Gasteiger partial charge in [0, 0.05) is 17.7 Å². The van der Waals surface area contributed by atoms with Gasteiger partial charge in [0.2, 0.25) is 0 Å². The molecular weight excluding hydrogens is 450 g/mol. The predicted molar refractivity (Wildman–Crippen MR) is 136 cm³/mol. The Morgan fingerprint density at radius 1 is 1.12 bits per heavy atom. The molecule has 8 nitrogen and oxygen atoms in total. The number of nitrogens with zero attached hydrogens (tertiary/aromatic N) is 4. The fraction of sp³-hybridized carbons (Fsp3) is 0.360. The van der Waals surface area contributed by atoms with Crippen LogP contribution in [0, 0.1) is 0 Å². The molecule has 0 radical (unpaired) electrons. The van der Waals surface area contributed by atoms with Crippen molar-refractivity contribution >= 4 is 23.9 Å². The molecule has 180 valence electrons. The molecule has 0 bridgehead atoms. The lowest BCUT2D eigenvalue weighted by Gasteiger charge is -2.19. The van der Waals surface area contributed by atoms with E-state index < -0.39 is 0 Å². The highest BCUT2D eigenvalue weighted by Gasteiger charge is 2.17. The van der Waals surface area contributed by atoms with Crippen LogP contribution < -0.4 is 14.9 Å². The molecule has 0 aliphatic rings. The molecule has 34 heavy (non-hydrogen) atoms. The maximum Gasteiger partial charge on any atom is 0.250 e. The third kappa shape index (κ3) is 5.96. The summed E-state index contributed by atoms with van der Waals surface area (Å²) in [5.74, 6) is 1.85. The van der Waals surface area contributed by atoms with Gasteiger partial charge in [-0.2, -0.15) is 5.10 Å². The van der Waals surface area contributed by atoms with Crippen molar-refractivity contribution in [3.8, 4) is 22.9 Å². The Morgan fingerprint density at radius 3 is 2.47 bits per heavy atom. The van der Waals surface area contributed by atoms with Crippen LogP contribution in [0.15, 0.2) is 52.7 Å². The molecule has 0 fully saturated rings. The van der Waals surface area contributed by atoms with Gasteiger partial charge in [-0.25, -0.2) is 5.43 Å². The topological polar surface area (TPSA) is 90.6 Å². The van der Waals surface area contributed by atoms with Gasteiger partial charge in [0.15, 0.2) is 22.5 Å². The molecule has 3 aromatic rings. The van der Waals surface area contributed by atoms with Crippen molar-refractivity contribution in [2.45, 2.75) is 44.8 Å². The first-order chi connectivity index (χ1) is 16.3. The summed E-state index contributed by atoms with van der Waals surface area (Å²) in [5.41, 5.74) is 5.59. The second kappa shape index (κ2) is 11.2. The van der Waals surface area contributed by atoms with Crippen LogP contribution in [0.4, 0.5) is 0 Å². The monoisotopic (exact) mass is 481 g/mol. The molecule has 1 heterocycles. The molecule has 0 aliphatic heterocycles. The minimum Gasteiger partial charge on any atom is -0.493 e. The highest BCUT2D eigenvalue weighted by atomic mass is 32.2. The van der Waals surface area contributed by atoms with Crippen molar-refractivity contribution in [2.75, 3.05) is 20.0 Å². The van der Waals surface area contributed by atoms with Gasteiger partial charge in [-0.1, -0.05) is 62.9 Å². The van der Waals surface area contributed by atoms with E-state index in [-0.39, 0.29) is 17.1 Å². The van der Waals surface area contributed by atoms with Crippen molar-refractivity contribution in [1.29, 1.82) is 0 Å². The number of hydrogen-bond donors (Lipinski definition) is 1. The van der Waals surface area contributed by atoms with Gasteiger partial charge >= 0.3 is 0 Å². The fourth-order valence-corrected chi connectivity index (χ4v) is 4.16. The number of nitrogens with one attached hydrogen (secondary N) is 1. The van der Waals surface area contributed by atoms with E-state index in [4.69, 9.17) is 9.47 Å². The van der Waals surface area contributed by atoms with Crippen LogP contribution in [-0.4, -0.2) is 46.9 Å². The maximum atomic E-state index is 12.3. The third-order valence-corrected chi connectivity index (χ3v) is 6.17. The first-order valence-electron chi connectivity index (χ1n) is 11.0. The Bertz CT molecular complexity index is 1150. The Balaban J connectivity index is 1.63. The number of hydrazone groups is 1. The zero-order valence-corrected chi connectivity index (χ0v) is 21.3. The average molecular weight is 482 g/mol. The van der Waals surface area contributed by atoms with E-state index in [1.54, 1.807) is 20.3 Å². The minimum atomic E-state index is -0.246. The van der Waals surface area contributed by atoms with Gasteiger partial charge in [-0.05, 0) is 30.0 Å². The molecule has 2 aromatic carbocycles. The van der Waals surface area contributed by atoms with E-state index in [0.717, 1.165) is 11.4 Å². The Hall–Kier alpha value is -3.33. The van der Waals surface area contributed by atoms with Gasteiger partial charge in [-0.15, -0.1) is 10.2 Å². The predicted octanol–water partition coefficient (Wildman–Crippen LogP) is 4.52. The van der Waals surface area contributed by atoms with Crippen LogP contribution in [0.5, 0.6) is 11.5 Å². The van der Waals surface area contributed by atoms with Gasteiger partial charge in [0.25, 0.3) is 5.91 Å². The molecule has 0 unspecified atom stereocenters. The maximum absolute atomic E-state index is 12.3. The number of rotatable bonds is 9. The highest BCUT2D eigenvalue weighted by molar-refractivity contribution is 7.99. The van der Waals surface area contributed by atoms with Gasteiger partial charge in [0.1, 0.15) is 0 Å². The Morgan fingerprint density at radius 2 is 1.85 bits per heavy atom. The van der Waals surface area contributed by atoms with Crippen molar-refractivity contribution < 1.29 is 14.3 Å². The number of carbonyl (C=O) groups is 1. The van der Waals surface area contributed by atoms with Crippen LogP contribution >= 0.6 is 11.8 Å². The molecule has 9 heteroatoms. The Kier molecular flexibility index (Phi) is 8.33. The molecule has 1 aromatic heterocycles. The van der Waals surface area contributed by atoms with Crippen LogP contribution in [-0.2, 0) is 16.8 Å². The fourth-order valence-electron chi connectivity index (χ4n) is 3.36. The number of ether oxygens (including phenoxy) is 2. The second-order valence-corrected chi connectivity index (χ2v) is 9.48. The number of methoxy groups -OCH3 is 2. The molecule has 1 amide bonds. The zero-order chi connectivity index (χ0) is 24.7. The van der Waals surface area contributed by atoms with E-state index >= 15 is 0 Å². The number of carbonyl (C=O) groups excluding carboxylic acids is 1. The summed E-state index contributed by atoms with van der Waals surface area (Å²) in [6.07, 6.45) is 1.53. The summed E-state index contributed by atoms with van der Waals surface area (Å²) in [4.78, 5) is 12.3. The summed E-state index contributed by atoms with van der Waals surface area (Å²) in [7, 11) is 3.13. The normalized spacial score (nSPS) is 11.6. The van der Waals surface area contributed by atoms with Crippen molar-refractivity contribution in [3.63, 3.8) is 0 Å². The van der Waals surface area contributed by atoms with E-state index in [9.17, 15) is 4.79 Å². The van der Waals surface area contributed by atoms with E-state index in [1.807, 2.05) is 23.6 Å². The summed E-state index contributed by atoms with van der Waals surface area (Å²) >= 11 is 1.32. The van der Waals surface area contributed by atoms with Crippen molar-refractivity contribution in [3.05, 3.63) is 53.6 Å². The third-order valence-electron chi connectivity index (χ3n) is 5.20. The molecule has 3 rings (SSSR count). The Labute approximate surface area is 204 Å². The van der Waals surface area contributed by atoms with Crippen LogP contribution in [0.25, 0.3) is 11.4 Å². The molecular formula is C25H31N5O3S. The molecule has 0 atom stereocenters. The molecule has 0 saturated heterocycles. The summed E-state index contributed by atoms with van der Waals surface area (Å²) < 4.78 is 12.7. The molecule has 0 saturated carbocycles. The summed E-state index contributed by atoms with van der Waals surface area (Å²) in [6.45, 7) is 9.29. The molecule has 1 N–H and O–H groups in total. The number of hydrogen-bond acceptors (Lipinski definition) is 7. The van der Waals surface area contributed by atoms with E-state index in [2.05, 4.69) is 65.8 Å². The first kappa shape index (κ1) is 25.3. The van der Waals surface area contributed by atoms with E-state index in [0.29, 0.717) is 28.8 Å².